The van der Waals surface area contributed by atoms with Crippen molar-refractivity contribution in [3.63, 3.8) is 0 Å². The Morgan fingerprint density at radius 2 is 2.13 bits per heavy atom. The van der Waals surface area contributed by atoms with E-state index in [0.29, 0.717) is 11.6 Å². The summed E-state index contributed by atoms with van der Waals surface area (Å²) in [7, 11) is 0. The molecule has 0 saturated carbocycles. The lowest BCUT2D eigenvalue weighted by atomic mass is 10.5. The number of nitrogens with two attached hydrogens (primary N) is 1. The van der Waals surface area contributed by atoms with Crippen LogP contribution < -0.4 is 5.73 Å². The lowest BCUT2D eigenvalue weighted by Crippen LogP contribution is -1.96. The Hall–Kier alpha value is -1.49. The highest BCUT2D eigenvalue weighted by atomic mass is 32.2. The molecule has 0 amide bonds. The fourth-order valence-electron chi connectivity index (χ4n) is 1.21. The van der Waals surface area contributed by atoms with E-state index in [9.17, 15) is 0 Å². The highest BCUT2D eigenvalue weighted by Gasteiger charge is 2.06. The average Bonchev–Trinajstić information content (AvgIpc) is 2.50. The van der Waals surface area contributed by atoms with Crippen LogP contribution in [0.2, 0.25) is 0 Å². The smallest absolute Gasteiger partial charge is 0.128 e. The lowest BCUT2D eigenvalue weighted by Gasteiger charge is -2.01. The monoisotopic (exact) mass is 221 g/mol. The molecule has 0 aromatic carbocycles. The predicted octanol–water partition coefficient (Wildman–Crippen LogP) is 2.42. The summed E-state index contributed by atoms with van der Waals surface area (Å²) in [6.07, 6.45) is 1.66. The maximum Gasteiger partial charge on any atom is 0.128 e. The Labute approximate surface area is 91.9 Å². The van der Waals surface area contributed by atoms with E-state index in [0.717, 1.165) is 15.7 Å². The molecule has 0 fully saturated rings. The number of aromatic nitrogens is 2. The summed E-state index contributed by atoms with van der Waals surface area (Å²) in [5.41, 5.74) is 5.64. The third-order valence-electron chi connectivity index (χ3n) is 1.86. The van der Waals surface area contributed by atoms with Gasteiger partial charge in [0.1, 0.15) is 22.4 Å². The van der Waals surface area contributed by atoms with Gasteiger partial charge in [-0.25, -0.2) is 9.97 Å². The molecule has 2 aromatic rings. The van der Waals surface area contributed by atoms with E-state index in [1.165, 1.54) is 11.8 Å². The minimum absolute atomic E-state index is 0.492. The number of nitrogen functional groups attached to an aromatic ring is 1. The zero-order valence-electron chi connectivity index (χ0n) is 8.52. The number of aryl methyl sites for hydroxylation is 2. The first-order valence-electron chi connectivity index (χ1n) is 4.48. The molecule has 0 bridgehead atoms. The molecule has 2 rings (SSSR count). The van der Waals surface area contributed by atoms with Crippen molar-refractivity contribution in [3.8, 4) is 0 Å². The normalized spacial score (nSPS) is 10.5. The summed E-state index contributed by atoms with van der Waals surface area (Å²) in [6.45, 7) is 3.74. The molecule has 78 valence electrons. The topological polar surface area (TPSA) is 64.9 Å². The lowest BCUT2D eigenvalue weighted by molar-refractivity contribution is 0.527. The molecule has 2 N–H and O–H groups in total. The molecule has 4 nitrogen and oxygen atoms in total. The van der Waals surface area contributed by atoms with Crippen molar-refractivity contribution < 1.29 is 4.42 Å². The van der Waals surface area contributed by atoms with E-state index < -0.39 is 0 Å². The van der Waals surface area contributed by atoms with Crippen molar-refractivity contribution in [1.82, 2.24) is 9.97 Å². The maximum absolute atomic E-state index is 5.64. The SMILES string of the molecule is Cc1nc(N)cc(Sc2ccoc2C)n1. The maximum atomic E-state index is 5.64. The summed E-state index contributed by atoms with van der Waals surface area (Å²) >= 11 is 1.52. The molecular weight excluding hydrogens is 210 g/mol. The van der Waals surface area contributed by atoms with Gasteiger partial charge in [-0.15, -0.1) is 0 Å². The Bertz CT molecular complexity index is 461. The fraction of sp³-hybridized carbons (Fsp3) is 0.200. The van der Waals surface area contributed by atoms with E-state index in [2.05, 4.69) is 9.97 Å². The summed E-state index contributed by atoms with van der Waals surface area (Å²) in [5, 5.41) is 0.838. The Kier molecular flexibility index (Phi) is 2.64. The van der Waals surface area contributed by atoms with Gasteiger partial charge in [-0.05, 0) is 19.9 Å². The van der Waals surface area contributed by atoms with Gasteiger partial charge < -0.3 is 10.2 Å². The van der Waals surface area contributed by atoms with Gasteiger partial charge in [-0.3, -0.25) is 0 Å². The van der Waals surface area contributed by atoms with Gasteiger partial charge in [0.05, 0.1) is 11.2 Å². The summed E-state index contributed by atoms with van der Waals surface area (Å²) < 4.78 is 5.20. The average molecular weight is 221 g/mol. The number of anilines is 1. The number of hydrogen-bond donors (Lipinski definition) is 1. The van der Waals surface area contributed by atoms with Gasteiger partial charge in [0, 0.05) is 6.07 Å². The minimum atomic E-state index is 0.492. The molecule has 0 atom stereocenters. The Balaban J connectivity index is 2.28. The summed E-state index contributed by atoms with van der Waals surface area (Å²) in [5.74, 6) is 2.06. The van der Waals surface area contributed by atoms with Crippen molar-refractivity contribution in [2.75, 3.05) is 5.73 Å². The van der Waals surface area contributed by atoms with Crippen molar-refractivity contribution in [2.24, 2.45) is 0 Å². The van der Waals surface area contributed by atoms with Crippen LogP contribution in [0.5, 0.6) is 0 Å². The van der Waals surface area contributed by atoms with Crippen molar-refractivity contribution in [1.29, 1.82) is 0 Å². The van der Waals surface area contributed by atoms with Crippen molar-refractivity contribution in [3.05, 3.63) is 30.0 Å². The molecule has 0 aliphatic heterocycles. The van der Waals surface area contributed by atoms with Crippen molar-refractivity contribution >= 4 is 17.6 Å². The van der Waals surface area contributed by atoms with Gasteiger partial charge in [0.2, 0.25) is 0 Å². The zero-order chi connectivity index (χ0) is 10.8. The first-order chi connectivity index (χ1) is 7.15. The van der Waals surface area contributed by atoms with Gasteiger partial charge >= 0.3 is 0 Å². The quantitative estimate of drug-likeness (QED) is 0.789. The Morgan fingerprint density at radius 1 is 1.33 bits per heavy atom. The summed E-state index contributed by atoms with van der Waals surface area (Å²) in [6, 6.07) is 3.66. The molecule has 15 heavy (non-hydrogen) atoms. The van der Waals surface area contributed by atoms with Crippen LogP contribution in [-0.2, 0) is 0 Å². The number of nitrogens with zero attached hydrogens (tertiary/aromatic N) is 2. The van der Waals surface area contributed by atoms with Crippen LogP contribution in [0.25, 0.3) is 0 Å². The van der Waals surface area contributed by atoms with Crippen LogP contribution in [0.15, 0.2) is 32.7 Å². The van der Waals surface area contributed by atoms with E-state index >= 15 is 0 Å². The zero-order valence-corrected chi connectivity index (χ0v) is 9.34. The first-order valence-corrected chi connectivity index (χ1v) is 5.30. The van der Waals surface area contributed by atoms with Crippen LogP contribution in [-0.4, -0.2) is 9.97 Å². The fourth-order valence-corrected chi connectivity index (χ4v) is 2.10. The van der Waals surface area contributed by atoms with Crippen LogP contribution in [0.4, 0.5) is 5.82 Å². The molecule has 0 saturated heterocycles. The number of rotatable bonds is 2. The molecule has 0 unspecified atom stereocenters. The number of furan rings is 1. The van der Waals surface area contributed by atoms with Crippen LogP contribution >= 0.6 is 11.8 Å². The third-order valence-corrected chi connectivity index (χ3v) is 2.92. The molecule has 2 heterocycles. The molecule has 0 radical (unpaired) electrons. The van der Waals surface area contributed by atoms with Crippen molar-refractivity contribution in [2.45, 2.75) is 23.8 Å². The summed E-state index contributed by atoms with van der Waals surface area (Å²) in [4.78, 5) is 9.34. The van der Waals surface area contributed by atoms with Gasteiger partial charge in [0.25, 0.3) is 0 Å². The minimum Gasteiger partial charge on any atom is -0.468 e. The van der Waals surface area contributed by atoms with E-state index in [4.69, 9.17) is 10.2 Å². The van der Waals surface area contributed by atoms with Crippen LogP contribution in [0.3, 0.4) is 0 Å². The number of hydrogen-bond acceptors (Lipinski definition) is 5. The molecule has 5 heteroatoms. The second-order valence-corrected chi connectivity index (χ2v) is 4.18. The largest absolute Gasteiger partial charge is 0.468 e. The highest BCUT2D eigenvalue weighted by Crippen LogP contribution is 2.29. The van der Waals surface area contributed by atoms with Crippen LogP contribution in [0, 0.1) is 13.8 Å². The molecule has 0 aliphatic rings. The molecular formula is C10H11N3OS. The predicted molar refractivity (Wildman–Crippen MR) is 58.7 cm³/mol. The second-order valence-electron chi connectivity index (χ2n) is 3.12. The molecule has 0 aliphatic carbocycles. The first kappa shape index (κ1) is 10.0. The van der Waals surface area contributed by atoms with E-state index in [-0.39, 0.29) is 0 Å². The molecule has 2 aromatic heterocycles. The van der Waals surface area contributed by atoms with Crippen LogP contribution in [0.1, 0.15) is 11.6 Å². The van der Waals surface area contributed by atoms with Gasteiger partial charge in [-0.2, -0.15) is 0 Å². The Morgan fingerprint density at radius 3 is 2.73 bits per heavy atom. The van der Waals surface area contributed by atoms with Gasteiger partial charge in [0.15, 0.2) is 0 Å². The van der Waals surface area contributed by atoms with E-state index in [1.54, 1.807) is 12.3 Å². The second kappa shape index (κ2) is 3.94. The van der Waals surface area contributed by atoms with Gasteiger partial charge in [-0.1, -0.05) is 11.8 Å². The third kappa shape index (κ3) is 2.30. The molecule has 0 spiro atoms. The standard InChI is InChI=1S/C10H11N3OS/c1-6-8(3-4-14-6)15-10-5-9(11)12-7(2)13-10/h3-5H,1-2H3,(H2,11,12,13). The van der Waals surface area contributed by atoms with E-state index in [1.807, 2.05) is 19.9 Å². The highest BCUT2D eigenvalue weighted by molar-refractivity contribution is 7.99.